The van der Waals surface area contributed by atoms with Crippen molar-refractivity contribution >= 4 is 21.8 Å². The highest BCUT2D eigenvalue weighted by Crippen LogP contribution is 2.15. The highest BCUT2D eigenvalue weighted by Gasteiger charge is 2.26. The summed E-state index contributed by atoms with van der Waals surface area (Å²) in [6.45, 7) is 8.12. The Kier molecular flexibility index (Phi) is 5.72. The van der Waals surface area contributed by atoms with Crippen molar-refractivity contribution < 1.29 is 17.9 Å². The summed E-state index contributed by atoms with van der Waals surface area (Å²) in [4.78, 5) is 16.1. The predicted molar refractivity (Wildman–Crippen MR) is 96.0 cm³/mol. The summed E-state index contributed by atoms with van der Waals surface area (Å²) >= 11 is 0. The maximum atomic E-state index is 12.3. The number of hydrogen-bond acceptors (Lipinski definition) is 5. The van der Waals surface area contributed by atoms with Gasteiger partial charge >= 0.3 is 6.09 Å². The maximum absolute atomic E-state index is 12.3. The van der Waals surface area contributed by atoms with Crippen LogP contribution in [0.5, 0.6) is 0 Å². The van der Waals surface area contributed by atoms with E-state index in [-0.39, 0.29) is 11.4 Å². The van der Waals surface area contributed by atoms with E-state index in [1.54, 1.807) is 32.9 Å². The second-order valence-corrected chi connectivity index (χ2v) is 8.75. The van der Waals surface area contributed by atoms with Crippen LogP contribution in [-0.2, 0) is 14.8 Å². The lowest BCUT2D eigenvalue weighted by molar-refractivity contribution is 0.0266. The number of amides is 1. The Labute approximate surface area is 149 Å². The number of carbonyl (C=O) groups excluding carboxylic acids is 1. The molecule has 0 radical (unpaired) electrons. The fourth-order valence-electron chi connectivity index (χ4n) is 2.32. The lowest BCUT2D eigenvalue weighted by atomic mass is 10.1. The molecule has 0 aliphatic carbocycles. The van der Waals surface area contributed by atoms with Crippen LogP contribution in [0.3, 0.4) is 0 Å². The topological polar surface area (TPSA) is 88.1 Å². The van der Waals surface area contributed by atoms with Crippen molar-refractivity contribution in [2.75, 3.05) is 13.1 Å². The van der Waals surface area contributed by atoms with Crippen LogP contribution >= 0.6 is 0 Å². The van der Waals surface area contributed by atoms with Gasteiger partial charge in [0.25, 0.3) is 10.0 Å². The van der Waals surface area contributed by atoms with Crippen molar-refractivity contribution in [3.05, 3.63) is 29.8 Å². The summed E-state index contributed by atoms with van der Waals surface area (Å²) in [6, 6.07) is 6.52. The molecule has 1 heterocycles. The average Bonchev–Trinajstić information content (AvgIpc) is 2.52. The fraction of sp³-hybridized carbons (Fsp3) is 0.529. The summed E-state index contributed by atoms with van der Waals surface area (Å²) < 4.78 is 29.9. The second kappa shape index (κ2) is 7.43. The first kappa shape index (κ1) is 19.2. The zero-order valence-corrected chi connectivity index (χ0v) is 15.9. The van der Waals surface area contributed by atoms with E-state index >= 15 is 0 Å². The number of hydrazone groups is 1. The van der Waals surface area contributed by atoms with Crippen LogP contribution in [0.2, 0.25) is 0 Å². The summed E-state index contributed by atoms with van der Waals surface area (Å²) in [7, 11) is -3.72. The molecule has 0 bridgehead atoms. The lowest BCUT2D eigenvalue weighted by Gasteiger charge is -2.30. The van der Waals surface area contributed by atoms with Gasteiger partial charge in [-0.1, -0.05) is 17.7 Å². The first-order valence-electron chi connectivity index (χ1n) is 8.19. The number of aryl methyl sites for hydroxylation is 1. The van der Waals surface area contributed by atoms with Gasteiger partial charge in [0.1, 0.15) is 5.60 Å². The van der Waals surface area contributed by atoms with Gasteiger partial charge in [0, 0.05) is 6.54 Å². The van der Waals surface area contributed by atoms with Crippen LogP contribution in [0.1, 0.15) is 39.2 Å². The third kappa shape index (κ3) is 5.74. The lowest BCUT2D eigenvalue weighted by Crippen LogP contribution is -2.43. The summed E-state index contributed by atoms with van der Waals surface area (Å²) in [6.07, 6.45) is 0.932. The van der Waals surface area contributed by atoms with E-state index in [1.165, 1.54) is 17.0 Å². The van der Waals surface area contributed by atoms with Gasteiger partial charge in [0.15, 0.2) is 0 Å². The van der Waals surface area contributed by atoms with Crippen LogP contribution in [-0.4, -0.2) is 43.8 Å². The standard InChI is InChI=1S/C17H25N3O4S/c1-13-7-9-15(10-8-13)25(22,23)19-18-14-6-5-11-20(12-14)16(21)24-17(2,3)4/h7-10,19H,5-6,11-12H2,1-4H3/b18-14+. The number of hydrogen-bond donors (Lipinski definition) is 1. The number of carbonyl (C=O) groups is 1. The second-order valence-electron chi connectivity index (χ2n) is 7.09. The molecule has 1 fully saturated rings. The van der Waals surface area contributed by atoms with Gasteiger partial charge in [0.05, 0.1) is 17.2 Å². The van der Waals surface area contributed by atoms with Crippen molar-refractivity contribution in [1.29, 1.82) is 0 Å². The Morgan fingerprint density at radius 3 is 2.48 bits per heavy atom. The normalized spacial score (nSPS) is 17.4. The van der Waals surface area contributed by atoms with E-state index in [9.17, 15) is 13.2 Å². The summed E-state index contributed by atoms with van der Waals surface area (Å²) in [5.41, 5.74) is 1.01. The van der Waals surface area contributed by atoms with Crippen LogP contribution in [0, 0.1) is 6.92 Å². The number of benzene rings is 1. The Balaban J connectivity index is 2.03. The minimum atomic E-state index is -3.72. The molecule has 1 saturated heterocycles. The molecule has 138 valence electrons. The molecule has 1 aliphatic rings. The number of nitrogens with one attached hydrogen (secondary N) is 1. The van der Waals surface area contributed by atoms with Crippen molar-refractivity contribution in [3.8, 4) is 0 Å². The fourth-order valence-corrected chi connectivity index (χ4v) is 3.17. The maximum Gasteiger partial charge on any atom is 0.410 e. The van der Waals surface area contributed by atoms with Crippen molar-refractivity contribution in [2.45, 2.75) is 51.0 Å². The molecular formula is C17H25N3O4S. The first-order valence-corrected chi connectivity index (χ1v) is 9.67. The van der Waals surface area contributed by atoms with E-state index in [2.05, 4.69) is 9.93 Å². The first-order chi connectivity index (χ1) is 11.6. The third-order valence-corrected chi connectivity index (χ3v) is 4.80. The van der Waals surface area contributed by atoms with E-state index in [1.807, 2.05) is 6.92 Å². The largest absolute Gasteiger partial charge is 0.444 e. The van der Waals surface area contributed by atoms with Crippen molar-refractivity contribution in [2.24, 2.45) is 5.10 Å². The molecule has 0 atom stereocenters. The Morgan fingerprint density at radius 1 is 1.24 bits per heavy atom. The van der Waals surface area contributed by atoms with Gasteiger partial charge < -0.3 is 9.64 Å². The number of ether oxygens (including phenoxy) is 1. The smallest absolute Gasteiger partial charge is 0.410 e. The van der Waals surface area contributed by atoms with Crippen LogP contribution in [0.25, 0.3) is 0 Å². The van der Waals surface area contributed by atoms with Gasteiger partial charge in [-0.25, -0.2) is 9.63 Å². The number of nitrogens with zero attached hydrogens (tertiary/aromatic N) is 2. The molecule has 25 heavy (non-hydrogen) atoms. The van der Waals surface area contributed by atoms with Crippen LogP contribution in [0.15, 0.2) is 34.3 Å². The number of sulfonamides is 1. The van der Waals surface area contributed by atoms with Gasteiger partial charge in [-0.3, -0.25) is 0 Å². The zero-order chi connectivity index (χ0) is 18.7. The Hall–Kier alpha value is -2.09. The third-order valence-electron chi connectivity index (χ3n) is 3.57. The highest BCUT2D eigenvalue weighted by atomic mass is 32.2. The molecule has 0 saturated carbocycles. The molecule has 1 amide bonds. The average molecular weight is 367 g/mol. The van der Waals surface area contributed by atoms with Crippen molar-refractivity contribution in [3.63, 3.8) is 0 Å². The van der Waals surface area contributed by atoms with E-state index in [0.29, 0.717) is 25.1 Å². The highest BCUT2D eigenvalue weighted by molar-refractivity contribution is 7.89. The van der Waals surface area contributed by atoms with E-state index in [0.717, 1.165) is 5.56 Å². The number of likely N-dealkylation sites (tertiary alicyclic amines) is 1. The molecule has 1 aromatic carbocycles. The molecule has 1 aromatic rings. The minimum absolute atomic E-state index is 0.155. The van der Waals surface area contributed by atoms with Crippen LogP contribution in [0.4, 0.5) is 4.79 Å². The van der Waals surface area contributed by atoms with Gasteiger partial charge in [-0.2, -0.15) is 13.5 Å². The van der Waals surface area contributed by atoms with Gasteiger partial charge in [0.2, 0.25) is 0 Å². The SMILES string of the molecule is Cc1ccc(S(=O)(=O)N/N=C2\CCCN(C(=O)OC(C)(C)C)C2)cc1. The number of rotatable bonds is 3. The predicted octanol–water partition coefficient (Wildman–Crippen LogP) is 2.66. The van der Waals surface area contributed by atoms with E-state index in [4.69, 9.17) is 4.74 Å². The molecule has 0 unspecified atom stereocenters. The molecule has 7 nitrogen and oxygen atoms in total. The zero-order valence-electron chi connectivity index (χ0n) is 15.1. The quantitative estimate of drug-likeness (QED) is 0.832. The van der Waals surface area contributed by atoms with Gasteiger partial charge in [-0.15, -0.1) is 0 Å². The monoisotopic (exact) mass is 367 g/mol. The summed E-state index contributed by atoms with van der Waals surface area (Å²) in [5.74, 6) is 0. The molecule has 8 heteroatoms. The molecule has 2 rings (SSSR count). The summed E-state index contributed by atoms with van der Waals surface area (Å²) in [5, 5.41) is 4.01. The molecule has 0 aromatic heterocycles. The molecule has 1 N–H and O–H groups in total. The number of piperidine rings is 1. The molecule has 1 aliphatic heterocycles. The van der Waals surface area contributed by atoms with Crippen molar-refractivity contribution in [1.82, 2.24) is 9.73 Å². The molecule has 0 spiro atoms. The van der Waals surface area contributed by atoms with E-state index < -0.39 is 21.7 Å². The Bertz CT molecular complexity index is 749. The molecular weight excluding hydrogens is 342 g/mol. The van der Waals surface area contributed by atoms with Gasteiger partial charge in [-0.05, 0) is 52.7 Å². The Morgan fingerprint density at radius 2 is 1.88 bits per heavy atom. The minimum Gasteiger partial charge on any atom is -0.444 e. The van der Waals surface area contributed by atoms with Crippen LogP contribution < -0.4 is 4.83 Å².